The first kappa shape index (κ1) is 20.8. The molecule has 1 aromatic heterocycles. The van der Waals surface area contributed by atoms with Crippen molar-refractivity contribution in [2.75, 3.05) is 6.61 Å². The van der Waals surface area contributed by atoms with Crippen molar-refractivity contribution in [1.82, 2.24) is 15.1 Å². The van der Waals surface area contributed by atoms with Crippen LogP contribution < -0.4 is 5.32 Å². The Balaban J connectivity index is 1.28. The molecular formula is C21H30N4O5. The Labute approximate surface area is 175 Å². The Hall–Kier alpha value is -2.45. The minimum absolute atomic E-state index is 0.0655. The van der Waals surface area contributed by atoms with E-state index in [1.54, 1.807) is 0 Å². The summed E-state index contributed by atoms with van der Waals surface area (Å²) in [6.45, 7) is 4.52. The number of nitro groups is 1. The van der Waals surface area contributed by atoms with Crippen LogP contribution in [0, 0.1) is 47.1 Å². The number of carbonyl (C=O) groups excluding carboxylic acids is 2. The zero-order valence-electron chi connectivity index (χ0n) is 17.8. The molecule has 1 unspecified atom stereocenters. The van der Waals surface area contributed by atoms with E-state index in [0.717, 1.165) is 17.8 Å². The summed E-state index contributed by atoms with van der Waals surface area (Å²) >= 11 is 0. The number of rotatable bonds is 7. The van der Waals surface area contributed by atoms with Gasteiger partial charge in [0.1, 0.15) is 17.9 Å². The van der Waals surface area contributed by atoms with Gasteiger partial charge in [-0.1, -0.05) is 0 Å². The molecule has 9 nitrogen and oxygen atoms in total. The van der Waals surface area contributed by atoms with Gasteiger partial charge >= 0.3 is 11.7 Å². The maximum absolute atomic E-state index is 12.4. The summed E-state index contributed by atoms with van der Waals surface area (Å²) in [5.74, 6) is 1.47. The Kier molecular flexibility index (Phi) is 5.32. The highest BCUT2D eigenvalue weighted by Crippen LogP contribution is 2.61. The molecule has 164 valence electrons. The van der Waals surface area contributed by atoms with Gasteiger partial charge in [0.05, 0.1) is 4.92 Å². The maximum atomic E-state index is 12.4. The van der Waals surface area contributed by atoms with Crippen molar-refractivity contribution in [1.29, 1.82) is 0 Å². The highest BCUT2D eigenvalue weighted by Gasteiger charge is 2.53. The van der Waals surface area contributed by atoms with Gasteiger partial charge in [-0.05, 0) is 82.5 Å². The first-order chi connectivity index (χ1) is 14.2. The summed E-state index contributed by atoms with van der Waals surface area (Å²) in [5.41, 5.74) is 0.614. The van der Waals surface area contributed by atoms with E-state index in [-0.39, 0.29) is 47.6 Å². The molecule has 1 heterocycles. The van der Waals surface area contributed by atoms with Gasteiger partial charge in [0, 0.05) is 6.04 Å². The van der Waals surface area contributed by atoms with Gasteiger partial charge < -0.3 is 10.1 Å². The third-order valence-electron chi connectivity index (χ3n) is 7.55. The minimum atomic E-state index is -0.645. The van der Waals surface area contributed by atoms with Gasteiger partial charge in [0.2, 0.25) is 0 Å². The summed E-state index contributed by atoms with van der Waals surface area (Å²) in [6.07, 6.45) is 7.62. The van der Waals surface area contributed by atoms with Crippen molar-refractivity contribution >= 4 is 17.6 Å². The van der Waals surface area contributed by atoms with Crippen LogP contribution in [0.15, 0.2) is 0 Å². The molecule has 4 aliphatic carbocycles. The first-order valence-corrected chi connectivity index (χ1v) is 10.8. The number of ether oxygens (including phenoxy) is 1. The molecule has 0 radical (unpaired) electrons. The number of nitrogens with zero attached hydrogens (tertiary/aromatic N) is 3. The molecule has 1 aromatic rings. The maximum Gasteiger partial charge on any atom is 0.328 e. The SMILES string of the molecule is Cc1nn(CC(=O)OCC(=O)NC(C)C23CC4CC(CC(C4)C2)C3)c(C)c1[N+](=O)[O-]. The summed E-state index contributed by atoms with van der Waals surface area (Å²) in [5, 5.41) is 18.2. The van der Waals surface area contributed by atoms with E-state index < -0.39 is 10.9 Å². The number of amides is 1. The fourth-order valence-electron chi connectivity index (χ4n) is 6.56. The largest absolute Gasteiger partial charge is 0.454 e. The Morgan fingerprint density at radius 2 is 1.80 bits per heavy atom. The van der Waals surface area contributed by atoms with Gasteiger partial charge in [-0.25, -0.2) is 0 Å². The molecule has 1 amide bonds. The fourth-order valence-corrected chi connectivity index (χ4v) is 6.56. The summed E-state index contributed by atoms with van der Waals surface area (Å²) in [4.78, 5) is 35.1. The molecule has 1 N–H and O–H groups in total. The predicted molar refractivity (Wildman–Crippen MR) is 108 cm³/mol. The summed E-state index contributed by atoms with van der Waals surface area (Å²) < 4.78 is 6.35. The molecule has 9 heteroatoms. The smallest absolute Gasteiger partial charge is 0.328 e. The number of carbonyl (C=O) groups is 2. The van der Waals surface area contributed by atoms with Crippen LogP contribution in [0.5, 0.6) is 0 Å². The van der Waals surface area contributed by atoms with Crippen LogP contribution in [0.1, 0.15) is 56.8 Å². The standard InChI is InChI=1S/C21H30N4O5/c1-12-20(25(28)29)13(2)24(23-12)10-19(27)30-11-18(26)22-14(3)21-7-15-4-16(8-21)6-17(5-15)9-21/h14-17H,4-11H2,1-3H3,(H,22,26). The van der Waals surface area contributed by atoms with Crippen molar-refractivity contribution < 1.29 is 19.2 Å². The van der Waals surface area contributed by atoms with E-state index >= 15 is 0 Å². The van der Waals surface area contributed by atoms with Crippen molar-refractivity contribution in [3.05, 3.63) is 21.5 Å². The fraction of sp³-hybridized carbons (Fsp3) is 0.762. The number of esters is 1. The van der Waals surface area contributed by atoms with Gasteiger partial charge in [-0.3, -0.25) is 24.4 Å². The highest BCUT2D eigenvalue weighted by molar-refractivity contribution is 5.80. The molecule has 0 spiro atoms. The van der Waals surface area contributed by atoms with Crippen molar-refractivity contribution in [3.8, 4) is 0 Å². The molecule has 0 aliphatic heterocycles. The van der Waals surface area contributed by atoms with E-state index in [1.807, 2.05) is 0 Å². The Morgan fingerprint density at radius 1 is 1.23 bits per heavy atom. The first-order valence-electron chi connectivity index (χ1n) is 10.8. The van der Waals surface area contributed by atoms with Crippen LogP contribution >= 0.6 is 0 Å². The average molecular weight is 418 g/mol. The topological polar surface area (TPSA) is 116 Å². The molecular weight excluding hydrogens is 388 g/mol. The molecule has 4 saturated carbocycles. The zero-order chi connectivity index (χ0) is 21.6. The van der Waals surface area contributed by atoms with Crippen LogP contribution in [0.25, 0.3) is 0 Å². The van der Waals surface area contributed by atoms with Crippen LogP contribution in [0.2, 0.25) is 0 Å². The normalized spacial score (nSPS) is 30.2. The third-order valence-corrected chi connectivity index (χ3v) is 7.55. The number of nitrogens with one attached hydrogen (secondary N) is 1. The quantitative estimate of drug-likeness (QED) is 0.413. The van der Waals surface area contributed by atoms with Gasteiger partial charge in [-0.15, -0.1) is 0 Å². The van der Waals surface area contributed by atoms with E-state index in [4.69, 9.17) is 4.74 Å². The third kappa shape index (κ3) is 3.81. The molecule has 1 atom stereocenters. The molecule has 4 fully saturated rings. The lowest BCUT2D eigenvalue weighted by Gasteiger charge is -2.59. The summed E-state index contributed by atoms with van der Waals surface area (Å²) in [6, 6.07) is 0.0655. The van der Waals surface area contributed by atoms with E-state index in [9.17, 15) is 19.7 Å². The lowest BCUT2D eigenvalue weighted by atomic mass is 9.48. The Bertz CT molecular complexity index is 842. The number of aromatic nitrogens is 2. The molecule has 30 heavy (non-hydrogen) atoms. The number of hydrogen-bond donors (Lipinski definition) is 1. The minimum Gasteiger partial charge on any atom is -0.454 e. The monoisotopic (exact) mass is 418 g/mol. The van der Waals surface area contributed by atoms with E-state index in [1.165, 1.54) is 57.1 Å². The van der Waals surface area contributed by atoms with Crippen LogP contribution in [-0.4, -0.2) is 39.2 Å². The number of hydrogen-bond acceptors (Lipinski definition) is 6. The second kappa shape index (κ2) is 7.67. The second-order valence-corrected chi connectivity index (χ2v) is 9.66. The predicted octanol–water partition coefficient (Wildman–Crippen LogP) is 2.67. The molecule has 5 rings (SSSR count). The highest BCUT2D eigenvalue weighted by atomic mass is 16.6. The molecule has 4 aliphatic rings. The van der Waals surface area contributed by atoms with Crippen molar-refractivity contribution in [3.63, 3.8) is 0 Å². The van der Waals surface area contributed by atoms with Gasteiger partial charge in [-0.2, -0.15) is 5.10 Å². The molecule has 0 aromatic carbocycles. The lowest BCUT2D eigenvalue weighted by Crippen LogP contribution is -2.56. The zero-order valence-corrected chi connectivity index (χ0v) is 17.8. The number of aryl methyl sites for hydroxylation is 1. The van der Waals surface area contributed by atoms with Gasteiger partial charge in [0.25, 0.3) is 5.91 Å². The van der Waals surface area contributed by atoms with Crippen LogP contribution in [-0.2, 0) is 20.9 Å². The van der Waals surface area contributed by atoms with Crippen molar-refractivity contribution in [2.24, 2.45) is 23.2 Å². The van der Waals surface area contributed by atoms with E-state index in [2.05, 4.69) is 17.3 Å². The van der Waals surface area contributed by atoms with Gasteiger partial charge in [0.15, 0.2) is 6.61 Å². The Morgan fingerprint density at radius 3 is 2.30 bits per heavy atom. The molecule has 4 bridgehead atoms. The molecule has 0 saturated heterocycles. The lowest BCUT2D eigenvalue weighted by molar-refractivity contribution is -0.386. The average Bonchev–Trinajstić information content (AvgIpc) is 2.92. The second-order valence-electron chi connectivity index (χ2n) is 9.66. The van der Waals surface area contributed by atoms with E-state index in [0.29, 0.717) is 0 Å². The van der Waals surface area contributed by atoms with Crippen molar-refractivity contribution in [2.45, 2.75) is 71.9 Å². The summed E-state index contributed by atoms with van der Waals surface area (Å²) in [7, 11) is 0. The van der Waals surface area contributed by atoms with Crippen LogP contribution in [0.3, 0.4) is 0 Å². The van der Waals surface area contributed by atoms with Crippen LogP contribution in [0.4, 0.5) is 5.69 Å².